The maximum absolute atomic E-state index is 13.6. The number of fused-ring (bicyclic) bond motifs is 1. The van der Waals surface area contributed by atoms with Gasteiger partial charge < -0.3 is 19.4 Å². The van der Waals surface area contributed by atoms with Crippen LogP contribution >= 0.6 is 11.5 Å². The van der Waals surface area contributed by atoms with Crippen molar-refractivity contribution in [2.24, 2.45) is 0 Å². The third kappa shape index (κ3) is 5.03. The first-order chi connectivity index (χ1) is 18.1. The number of hydrogen-bond acceptors (Lipinski definition) is 9. The number of rotatable bonds is 9. The first-order valence-corrected chi connectivity index (χ1v) is 14.4. The van der Waals surface area contributed by atoms with Crippen LogP contribution in [-0.4, -0.2) is 57.1 Å². The summed E-state index contributed by atoms with van der Waals surface area (Å²) in [7, 11) is 1.20. The molecule has 10 nitrogen and oxygen atoms in total. The van der Waals surface area contributed by atoms with E-state index in [2.05, 4.69) is 19.6 Å². The Morgan fingerprint density at radius 3 is 2.58 bits per heavy atom. The van der Waals surface area contributed by atoms with Crippen LogP contribution in [0.2, 0.25) is 0 Å². The predicted octanol–water partition coefficient (Wildman–Crippen LogP) is 4.02. The monoisotopic (exact) mass is 559 g/mol. The molecule has 0 unspecified atom stereocenters. The Balaban J connectivity index is 1.59. The van der Waals surface area contributed by atoms with E-state index >= 15 is 0 Å². The molecule has 4 aromatic rings. The third-order valence-corrected chi connectivity index (χ3v) is 8.41. The fraction of sp³-hybridized carbons (Fsp3) is 0.320. The highest BCUT2D eigenvalue weighted by molar-refractivity contribution is 7.92. The topological polar surface area (TPSA) is 118 Å². The molecule has 0 saturated heterocycles. The molecule has 2 heterocycles. The normalized spacial score (nSPS) is 13.5. The van der Waals surface area contributed by atoms with Gasteiger partial charge in [0.2, 0.25) is 15.2 Å². The van der Waals surface area contributed by atoms with Crippen molar-refractivity contribution in [3.05, 3.63) is 53.6 Å². The second-order valence-electron chi connectivity index (χ2n) is 9.06. The number of benzene rings is 2. The van der Waals surface area contributed by atoms with Crippen LogP contribution in [-0.2, 0) is 16.6 Å². The van der Waals surface area contributed by atoms with Gasteiger partial charge in [-0.15, -0.1) is 0 Å². The van der Waals surface area contributed by atoms with Crippen molar-refractivity contribution in [1.82, 2.24) is 14.7 Å². The molecule has 0 spiro atoms. The summed E-state index contributed by atoms with van der Waals surface area (Å²) in [6.45, 7) is -0.0108. The maximum atomic E-state index is 13.6. The Kier molecular flexibility index (Phi) is 6.73. The molecule has 1 aliphatic rings. The van der Waals surface area contributed by atoms with E-state index in [0.29, 0.717) is 22.8 Å². The lowest BCUT2D eigenvalue weighted by Crippen LogP contribution is -2.25. The largest absolute Gasteiger partial charge is 0.483 e. The highest BCUT2D eigenvalue weighted by Crippen LogP contribution is 2.41. The number of halogens is 1. The first kappa shape index (κ1) is 25.9. The predicted molar refractivity (Wildman–Crippen MR) is 144 cm³/mol. The lowest BCUT2D eigenvalue weighted by Gasteiger charge is -2.20. The first-order valence-electron chi connectivity index (χ1n) is 11.8. The van der Waals surface area contributed by atoms with E-state index < -0.39 is 21.7 Å². The number of amides is 1. The zero-order valence-corrected chi connectivity index (χ0v) is 22.8. The van der Waals surface area contributed by atoms with Gasteiger partial charge >= 0.3 is 0 Å². The number of ether oxygens (including phenoxy) is 1. The molecule has 0 aliphatic heterocycles. The van der Waals surface area contributed by atoms with Gasteiger partial charge in [0, 0.05) is 55.7 Å². The molecule has 0 bridgehead atoms. The number of nitrogens with zero attached hydrogens (tertiary/aromatic N) is 4. The van der Waals surface area contributed by atoms with E-state index in [1.165, 1.54) is 56.0 Å². The average molecular weight is 560 g/mol. The zero-order chi connectivity index (χ0) is 27.2. The number of hydrogen-bond donors (Lipinski definition) is 1. The Morgan fingerprint density at radius 2 is 1.95 bits per heavy atom. The number of carbonyl (C=O) groups is 1. The highest BCUT2D eigenvalue weighted by atomic mass is 32.2. The molecule has 38 heavy (non-hydrogen) atoms. The van der Waals surface area contributed by atoms with Crippen LogP contribution < -0.4 is 19.3 Å². The van der Waals surface area contributed by atoms with Crippen molar-refractivity contribution >= 4 is 49.3 Å². The Bertz CT molecular complexity index is 1610. The number of furan rings is 1. The van der Waals surface area contributed by atoms with Gasteiger partial charge in [-0.2, -0.15) is 9.36 Å². The van der Waals surface area contributed by atoms with Crippen LogP contribution in [0.1, 0.15) is 29.0 Å². The van der Waals surface area contributed by atoms with Gasteiger partial charge in [-0.05, 0) is 43.2 Å². The molecule has 200 valence electrons. The van der Waals surface area contributed by atoms with Gasteiger partial charge in [0.05, 0.1) is 17.5 Å². The van der Waals surface area contributed by atoms with E-state index in [-0.39, 0.29) is 35.0 Å². The number of aromatic nitrogens is 2. The van der Waals surface area contributed by atoms with E-state index in [1.54, 1.807) is 6.07 Å². The van der Waals surface area contributed by atoms with Crippen LogP contribution in [0.4, 0.5) is 15.2 Å². The smallest absolute Gasteiger partial charge is 0.255 e. The number of nitrogens with one attached hydrogen (secondary N) is 1. The van der Waals surface area contributed by atoms with Crippen molar-refractivity contribution in [3.8, 4) is 17.1 Å². The molecule has 1 N–H and O–H groups in total. The molecule has 0 radical (unpaired) electrons. The summed E-state index contributed by atoms with van der Waals surface area (Å²) in [5, 5.41) is 3.80. The second kappa shape index (κ2) is 9.87. The van der Waals surface area contributed by atoms with Gasteiger partial charge in [0.25, 0.3) is 5.91 Å². The minimum absolute atomic E-state index is 0.0108. The molecular formula is C25H26FN5O5S2. The molecule has 2 aromatic heterocycles. The van der Waals surface area contributed by atoms with Gasteiger partial charge in [-0.25, -0.2) is 12.8 Å². The van der Waals surface area contributed by atoms with Gasteiger partial charge in [-0.3, -0.25) is 9.10 Å². The van der Waals surface area contributed by atoms with Crippen molar-refractivity contribution < 1.29 is 26.8 Å². The van der Waals surface area contributed by atoms with Crippen LogP contribution in [0.3, 0.4) is 0 Å². The quantitative estimate of drug-likeness (QED) is 0.327. The van der Waals surface area contributed by atoms with E-state index in [9.17, 15) is 17.6 Å². The molecular weight excluding hydrogens is 533 g/mol. The summed E-state index contributed by atoms with van der Waals surface area (Å²) in [5.74, 6) is 0.0250. The van der Waals surface area contributed by atoms with Crippen molar-refractivity contribution in [3.63, 3.8) is 0 Å². The number of carbonyl (C=O) groups excluding carboxylic acids is 1. The fourth-order valence-corrected chi connectivity index (χ4v) is 5.22. The molecule has 5 rings (SSSR count). The summed E-state index contributed by atoms with van der Waals surface area (Å²) in [4.78, 5) is 19.6. The lowest BCUT2D eigenvalue weighted by atomic mass is 10.0. The Labute approximate surface area is 223 Å². The Hall–Kier alpha value is -3.71. The molecule has 13 heteroatoms. The zero-order valence-electron chi connectivity index (χ0n) is 21.2. The minimum Gasteiger partial charge on any atom is -0.483 e. The summed E-state index contributed by atoms with van der Waals surface area (Å²) in [5.41, 5.74) is 1.18. The maximum Gasteiger partial charge on any atom is 0.255 e. The van der Waals surface area contributed by atoms with Crippen molar-refractivity contribution in [2.45, 2.75) is 25.5 Å². The molecule has 1 saturated carbocycles. The molecule has 2 aromatic carbocycles. The Morgan fingerprint density at radius 1 is 1.24 bits per heavy atom. The highest BCUT2D eigenvalue weighted by Gasteiger charge is 2.29. The minimum atomic E-state index is -3.67. The van der Waals surface area contributed by atoms with E-state index in [4.69, 9.17) is 9.15 Å². The van der Waals surface area contributed by atoms with Crippen LogP contribution in [0.5, 0.6) is 5.75 Å². The standard InChI is InChI=1S/C25H26FN5O5S2/c1-27-24(32)22-17-11-20(35-13-21-28-25(37-29-21)30(2)16-9-10-16)18(31(3)38(4,33)34)12-19(17)36-23(22)14-5-7-15(26)8-6-14/h5-8,11-12,16H,9-10,13H2,1-4H3,(H,27,32). The summed E-state index contributed by atoms with van der Waals surface area (Å²) in [6.07, 6.45) is 3.33. The SMILES string of the molecule is CNC(=O)c1c(-c2ccc(F)cc2)oc2cc(N(C)S(C)(=O)=O)c(OCc3nsc(N(C)C4CC4)n3)cc12. The summed E-state index contributed by atoms with van der Waals surface area (Å²) in [6, 6.07) is 9.10. The second-order valence-corrected chi connectivity index (χ2v) is 11.8. The number of anilines is 2. The summed E-state index contributed by atoms with van der Waals surface area (Å²) < 4.78 is 56.0. The fourth-order valence-electron chi connectivity index (χ4n) is 4.01. The van der Waals surface area contributed by atoms with Crippen LogP contribution in [0, 0.1) is 5.82 Å². The van der Waals surface area contributed by atoms with Gasteiger partial charge in [-0.1, -0.05) is 0 Å². The molecule has 1 aliphatic carbocycles. The van der Waals surface area contributed by atoms with E-state index in [1.807, 2.05) is 7.05 Å². The third-order valence-electron chi connectivity index (χ3n) is 6.38. The number of sulfonamides is 1. The molecule has 0 atom stereocenters. The van der Waals surface area contributed by atoms with Crippen molar-refractivity contribution in [2.75, 3.05) is 36.6 Å². The van der Waals surface area contributed by atoms with Gasteiger partial charge in [0.1, 0.15) is 29.5 Å². The van der Waals surface area contributed by atoms with E-state index in [0.717, 1.165) is 28.5 Å². The van der Waals surface area contributed by atoms with Crippen LogP contribution in [0.15, 0.2) is 40.8 Å². The summed E-state index contributed by atoms with van der Waals surface area (Å²) >= 11 is 1.27. The molecule has 1 fully saturated rings. The van der Waals surface area contributed by atoms with Crippen LogP contribution in [0.25, 0.3) is 22.3 Å². The molecule has 1 amide bonds. The lowest BCUT2D eigenvalue weighted by molar-refractivity contribution is 0.0964. The van der Waals surface area contributed by atoms with Crippen molar-refractivity contribution in [1.29, 1.82) is 0 Å². The average Bonchev–Trinajstić information content (AvgIpc) is 3.52. The van der Waals surface area contributed by atoms with Gasteiger partial charge in [0.15, 0.2) is 5.82 Å².